The summed E-state index contributed by atoms with van der Waals surface area (Å²) in [7, 11) is 2.84. The zero-order chi connectivity index (χ0) is 14.0. The molecule has 1 heterocycles. The van der Waals surface area contributed by atoms with Crippen LogP contribution in [0.15, 0.2) is 16.5 Å². The topological polar surface area (TPSA) is 101 Å². The maximum absolute atomic E-state index is 11.1. The number of nitro groups is 1. The van der Waals surface area contributed by atoms with E-state index in [2.05, 4.69) is 10.2 Å². The summed E-state index contributed by atoms with van der Waals surface area (Å²) in [6, 6.07) is 2.69. The number of methoxy groups -OCH3 is 2. The number of hydrogen-bond donors (Lipinski definition) is 0. The predicted molar refractivity (Wildman–Crippen MR) is 64.2 cm³/mol. The second-order valence-electron chi connectivity index (χ2n) is 3.61. The van der Waals surface area contributed by atoms with E-state index >= 15 is 0 Å². The summed E-state index contributed by atoms with van der Waals surface area (Å²) in [6.45, 7) is 1.60. The molecule has 0 saturated carbocycles. The lowest BCUT2D eigenvalue weighted by Crippen LogP contribution is -1.97. The van der Waals surface area contributed by atoms with Crippen LogP contribution in [0, 0.1) is 17.0 Å². The Kier molecular flexibility index (Phi) is 3.32. The molecule has 8 heteroatoms. The molecule has 0 atom stereocenters. The Labute approximate surface area is 108 Å². The number of aromatic nitrogens is 2. The van der Waals surface area contributed by atoms with Gasteiger partial charge in [-0.2, -0.15) is 0 Å². The van der Waals surface area contributed by atoms with Crippen molar-refractivity contribution < 1.29 is 18.8 Å². The number of ether oxygens (including phenoxy) is 2. The molecule has 8 nitrogen and oxygen atoms in total. The van der Waals surface area contributed by atoms with Gasteiger partial charge in [-0.3, -0.25) is 10.1 Å². The van der Waals surface area contributed by atoms with E-state index in [0.29, 0.717) is 11.6 Å². The zero-order valence-electron chi connectivity index (χ0n) is 10.5. The molecule has 0 aliphatic heterocycles. The zero-order valence-corrected chi connectivity index (χ0v) is 10.5. The number of hydrogen-bond acceptors (Lipinski definition) is 7. The van der Waals surface area contributed by atoms with Gasteiger partial charge in [-0.1, -0.05) is 0 Å². The van der Waals surface area contributed by atoms with E-state index < -0.39 is 4.92 Å². The van der Waals surface area contributed by atoms with Gasteiger partial charge < -0.3 is 13.9 Å². The first-order valence-corrected chi connectivity index (χ1v) is 5.27. The summed E-state index contributed by atoms with van der Waals surface area (Å²) in [5.74, 6) is 0.984. The van der Waals surface area contributed by atoms with Crippen LogP contribution in [0.2, 0.25) is 0 Å². The van der Waals surface area contributed by atoms with E-state index in [0.717, 1.165) is 0 Å². The van der Waals surface area contributed by atoms with Crippen molar-refractivity contribution in [1.29, 1.82) is 0 Å². The highest BCUT2D eigenvalue weighted by atomic mass is 16.6. The Morgan fingerprint density at radius 2 is 1.84 bits per heavy atom. The lowest BCUT2D eigenvalue weighted by Gasteiger charge is -2.08. The average molecular weight is 265 g/mol. The minimum Gasteiger partial charge on any atom is -0.493 e. The highest BCUT2D eigenvalue weighted by molar-refractivity contribution is 5.71. The Hall–Kier alpha value is -2.64. The molecule has 2 rings (SSSR count). The molecule has 0 spiro atoms. The molecule has 19 heavy (non-hydrogen) atoms. The third kappa shape index (κ3) is 2.32. The third-order valence-corrected chi connectivity index (χ3v) is 2.46. The number of rotatable bonds is 4. The summed E-state index contributed by atoms with van der Waals surface area (Å²) in [5, 5.41) is 18.5. The highest BCUT2D eigenvalue weighted by Gasteiger charge is 2.24. The molecule has 2 aromatic rings. The van der Waals surface area contributed by atoms with E-state index in [9.17, 15) is 10.1 Å². The van der Waals surface area contributed by atoms with Crippen LogP contribution in [0.25, 0.3) is 11.5 Å². The molecule has 1 aromatic carbocycles. The molecule has 0 unspecified atom stereocenters. The van der Waals surface area contributed by atoms with Gasteiger partial charge in [0.2, 0.25) is 5.89 Å². The van der Waals surface area contributed by atoms with Crippen molar-refractivity contribution in [3.05, 3.63) is 28.1 Å². The second-order valence-corrected chi connectivity index (χ2v) is 3.61. The van der Waals surface area contributed by atoms with Gasteiger partial charge in [0.05, 0.1) is 25.2 Å². The molecule has 100 valence electrons. The fraction of sp³-hybridized carbons (Fsp3) is 0.273. The minimum atomic E-state index is -0.545. The van der Waals surface area contributed by atoms with Crippen LogP contribution in [-0.4, -0.2) is 29.3 Å². The van der Waals surface area contributed by atoms with E-state index in [1.54, 1.807) is 6.92 Å². The Bertz CT molecular complexity index is 623. The Morgan fingerprint density at radius 1 is 1.21 bits per heavy atom. The van der Waals surface area contributed by atoms with Crippen molar-refractivity contribution in [2.75, 3.05) is 14.2 Å². The van der Waals surface area contributed by atoms with Crippen LogP contribution >= 0.6 is 0 Å². The summed E-state index contributed by atoms with van der Waals surface area (Å²) in [4.78, 5) is 10.5. The monoisotopic (exact) mass is 265 g/mol. The van der Waals surface area contributed by atoms with Crippen LogP contribution in [0.3, 0.4) is 0 Å². The molecule has 1 aromatic heterocycles. The summed E-state index contributed by atoms with van der Waals surface area (Å²) in [5.41, 5.74) is -0.00968. The van der Waals surface area contributed by atoms with E-state index in [1.807, 2.05) is 0 Å². The molecule has 0 aliphatic rings. The van der Waals surface area contributed by atoms with Crippen molar-refractivity contribution in [3.8, 4) is 23.0 Å². The number of aryl methyl sites for hydroxylation is 1. The molecule has 0 radical (unpaired) electrons. The van der Waals surface area contributed by atoms with Crippen molar-refractivity contribution in [3.63, 3.8) is 0 Å². The predicted octanol–water partition coefficient (Wildman–Crippen LogP) is 1.97. The summed E-state index contributed by atoms with van der Waals surface area (Å²) in [6.07, 6.45) is 0. The van der Waals surface area contributed by atoms with Crippen LogP contribution in [0.1, 0.15) is 5.89 Å². The van der Waals surface area contributed by atoms with Gasteiger partial charge >= 0.3 is 0 Å². The van der Waals surface area contributed by atoms with E-state index in [-0.39, 0.29) is 22.9 Å². The standard InChI is InChI=1S/C11H11N3O5/c1-6-12-13-11(19-6)7-4-9(17-2)10(18-3)5-8(7)14(15)16/h4-5H,1-3H3. The molecular formula is C11H11N3O5. The van der Waals surface area contributed by atoms with Crippen LogP contribution < -0.4 is 9.47 Å². The molecular weight excluding hydrogens is 254 g/mol. The van der Waals surface area contributed by atoms with Gasteiger partial charge in [0, 0.05) is 13.0 Å². The fourth-order valence-electron chi connectivity index (χ4n) is 1.60. The highest BCUT2D eigenvalue weighted by Crippen LogP contribution is 2.39. The van der Waals surface area contributed by atoms with Crippen LogP contribution in [-0.2, 0) is 0 Å². The SMILES string of the molecule is COc1cc(-c2nnc(C)o2)c([N+](=O)[O-])cc1OC. The minimum absolute atomic E-state index is 0.0603. The fourth-order valence-corrected chi connectivity index (χ4v) is 1.60. The van der Waals surface area contributed by atoms with Crippen molar-refractivity contribution in [2.45, 2.75) is 6.92 Å². The number of benzene rings is 1. The van der Waals surface area contributed by atoms with Gasteiger partial charge in [-0.25, -0.2) is 0 Å². The van der Waals surface area contributed by atoms with Gasteiger partial charge in [0.15, 0.2) is 11.5 Å². The van der Waals surface area contributed by atoms with Crippen molar-refractivity contribution in [2.24, 2.45) is 0 Å². The normalized spacial score (nSPS) is 10.3. The van der Waals surface area contributed by atoms with Gasteiger partial charge in [0.1, 0.15) is 5.56 Å². The molecule has 0 saturated heterocycles. The second kappa shape index (κ2) is 4.92. The third-order valence-electron chi connectivity index (χ3n) is 2.46. The summed E-state index contributed by atoms with van der Waals surface area (Å²) < 4.78 is 15.3. The van der Waals surface area contributed by atoms with Gasteiger partial charge in [-0.15, -0.1) is 10.2 Å². The van der Waals surface area contributed by atoms with Crippen LogP contribution in [0.4, 0.5) is 5.69 Å². The number of nitrogens with zero attached hydrogens (tertiary/aromatic N) is 3. The first-order chi connectivity index (χ1) is 9.06. The molecule has 0 N–H and O–H groups in total. The molecule has 0 aliphatic carbocycles. The van der Waals surface area contributed by atoms with Crippen LogP contribution in [0.5, 0.6) is 11.5 Å². The van der Waals surface area contributed by atoms with Gasteiger partial charge in [0.25, 0.3) is 11.6 Å². The summed E-state index contributed by atoms with van der Waals surface area (Å²) >= 11 is 0. The lowest BCUT2D eigenvalue weighted by atomic mass is 10.1. The van der Waals surface area contributed by atoms with E-state index in [1.165, 1.54) is 26.4 Å². The quantitative estimate of drug-likeness (QED) is 0.615. The van der Waals surface area contributed by atoms with Gasteiger partial charge in [-0.05, 0) is 0 Å². The molecule has 0 fully saturated rings. The average Bonchev–Trinajstić information content (AvgIpc) is 2.83. The maximum atomic E-state index is 11.1. The Balaban J connectivity index is 2.67. The maximum Gasteiger partial charge on any atom is 0.286 e. The molecule has 0 bridgehead atoms. The first kappa shape index (κ1) is 12.8. The van der Waals surface area contributed by atoms with Crippen molar-refractivity contribution in [1.82, 2.24) is 10.2 Å². The lowest BCUT2D eigenvalue weighted by molar-refractivity contribution is -0.384. The number of nitro benzene ring substituents is 1. The Morgan fingerprint density at radius 3 is 2.32 bits per heavy atom. The van der Waals surface area contributed by atoms with Crippen molar-refractivity contribution >= 4 is 5.69 Å². The smallest absolute Gasteiger partial charge is 0.286 e. The molecule has 0 amide bonds. The largest absolute Gasteiger partial charge is 0.493 e. The first-order valence-electron chi connectivity index (χ1n) is 5.27. The van der Waals surface area contributed by atoms with E-state index in [4.69, 9.17) is 13.9 Å².